The van der Waals surface area contributed by atoms with Gasteiger partial charge in [0.2, 0.25) is 5.43 Å². The zero-order valence-corrected chi connectivity index (χ0v) is 21.3. The van der Waals surface area contributed by atoms with Gasteiger partial charge in [0.1, 0.15) is 24.0 Å². The van der Waals surface area contributed by atoms with Crippen LogP contribution in [0.2, 0.25) is 0 Å². The number of benzene rings is 2. The van der Waals surface area contributed by atoms with Gasteiger partial charge >= 0.3 is 0 Å². The zero-order chi connectivity index (χ0) is 25.9. The molecule has 8 heteroatoms. The summed E-state index contributed by atoms with van der Waals surface area (Å²) in [6.07, 6.45) is 7.62. The predicted molar refractivity (Wildman–Crippen MR) is 137 cm³/mol. The number of aromatic nitrogens is 3. The molecule has 6 nitrogen and oxygen atoms in total. The number of fused-ring (bicyclic) bond motifs is 1. The summed E-state index contributed by atoms with van der Waals surface area (Å²) in [4.78, 5) is 13.7. The van der Waals surface area contributed by atoms with Gasteiger partial charge in [0.25, 0.3) is 0 Å². The van der Waals surface area contributed by atoms with Crippen molar-refractivity contribution in [3.05, 3.63) is 81.5 Å². The molecule has 6 rings (SSSR count). The van der Waals surface area contributed by atoms with Gasteiger partial charge in [0.15, 0.2) is 11.5 Å². The molecule has 2 aromatic heterocycles. The van der Waals surface area contributed by atoms with Gasteiger partial charge < -0.3 is 14.3 Å². The highest BCUT2D eigenvalue weighted by Crippen LogP contribution is 2.52. The van der Waals surface area contributed by atoms with Crippen LogP contribution < -0.4 is 10.7 Å². The van der Waals surface area contributed by atoms with Gasteiger partial charge in [-0.05, 0) is 69.2 Å². The summed E-state index contributed by atoms with van der Waals surface area (Å²) < 4.78 is 39.3. The number of hydrogen-bond acceptors (Lipinski definition) is 5. The molecular weight excluding hydrogens is 474 g/mol. The van der Waals surface area contributed by atoms with E-state index in [2.05, 4.69) is 22.4 Å². The number of rotatable bonds is 7. The fourth-order valence-electron chi connectivity index (χ4n) is 5.56. The lowest BCUT2D eigenvalue weighted by Crippen LogP contribution is -2.47. The van der Waals surface area contributed by atoms with Crippen molar-refractivity contribution in [2.24, 2.45) is 13.0 Å². The van der Waals surface area contributed by atoms with Crippen LogP contribution in [0.25, 0.3) is 22.1 Å². The van der Waals surface area contributed by atoms with Gasteiger partial charge in [0.05, 0.1) is 10.9 Å². The molecular formula is C29H30F2N4O2. The third-order valence-corrected chi connectivity index (χ3v) is 8.23. The number of aryl methyl sites for hydroxylation is 2. The van der Waals surface area contributed by atoms with Crippen molar-refractivity contribution in [1.82, 2.24) is 20.1 Å². The summed E-state index contributed by atoms with van der Waals surface area (Å²) in [5.74, 6) is -0.311. The molecule has 0 bridgehead atoms. The third kappa shape index (κ3) is 3.89. The molecule has 1 unspecified atom stereocenters. The highest BCUT2D eigenvalue weighted by molar-refractivity contribution is 5.85. The highest BCUT2D eigenvalue weighted by Gasteiger charge is 2.51. The van der Waals surface area contributed by atoms with Gasteiger partial charge in [-0.25, -0.2) is 8.78 Å². The standard InChI is InChI=1S/C29H30F2N4O2/c1-17-24(30)19(14-32-28(2)10-5-11-28)13-22-25(36)23(15-37-26(17)22)18-6-4-7-21(12-18)29(31,20-8-9-20)27-34-33-16-35(27)3/h4,6-7,12-13,15-16,20,32H,5,8-11,14H2,1-3H3. The Hall–Kier alpha value is -3.39. The minimum Gasteiger partial charge on any atom is -0.463 e. The van der Waals surface area contributed by atoms with Gasteiger partial charge in [-0.15, -0.1) is 10.2 Å². The molecule has 2 aliphatic carbocycles. The molecule has 4 aromatic rings. The van der Waals surface area contributed by atoms with E-state index < -0.39 is 5.67 Å². The lowest BCUT2D eigenvalue weighted by atomic mass is 9.78. The first-order chi connectivity index (χ1) is 17.7. The lowest BCUT2D eigenvalue weighted by molar-refractivity contribution is 0.168. The summed E-state index contributed by atoms with van der Waals surface area (Å²) in [7, 11) is 1.73. The average molecular weight is 505 g/mol. The Balaban J connectivity index is 1.43. The second kappa shape index (κ2) is 8.58. The van der Waals surface area contributed by atoms with Gasteiger partial charge in [-0.2, -0.15) is 0 Å². The molecule has 2 fully saturated rings. The van der Waals surface area contributed by atoms with Crippen LogP contribution in [0, 0.1) is 18.7 Å². The Morgan fingerprint density at radius 3 is 2.70 bits per heavy atom. The first kappa shape index (κ1) is 24.0. The monoisotopic (exact) mass is 504 g/mol. The Morgan fingerprint density at radius 1 is 1.27 bits per heavy atom. The van der Waals surface area contributed by atoms with E-state index in [1.54, 1.807) is 48.9 Å². The van der Waals surface area contributed by atoms with Crippen LogP contribution in [0.5, 0.6) is 0 Å². The Morgan fingerprint density at radius 2 is 2.05 bits per heavy atom. The van der Waals surface area contributed by atoms with E-state index >= 15 is 8.78 Å². The van der Waals surface area contributed by atoms with Crippen LogP contribution >= 0.6 is 0 Å². The van der Waals surface area contributed by atoms with Crippen molar-refractivity contribution >= 4 is 11.0 Å². The molecule has 1 atom stereocenters. The number of hydrogen-bond donors (Lipinski definition) is 1. The largest absolute Gasteiger partial charge is 0.463 e. The van der Waals surface area contributed by atoms with Crippen molar-refractivity contribution in [1.29, 1.82) is 0 Å². The zero-order valence-electron chi connectivity index (χ0n) is 21.3. The molecule has 0 radical (unpaired) electrons. The van der Waals surface area contributed by atoms with Crippen LogP contribution in [0.4, 0.5) is 8.78 Å². The van der Waals surface area contributed by atoms with Gasteiger partial charge in [0, 0.05) is 36.2 Å². The van der Waals surface area contributed by atoms with E-state index in [0.29, 0.717) is 39.7 Å². The second-order valence-electron chi connectivity index (χ2n) is 10.9. The third-order valence-electron chi connectivity index (χ3n) is 8.23. The van der Waals surface area contributed by atoms with Crippen LogP contribution in [-0.2, 0) is 19.3 Å². The maximum absolute atomic E-state index is 16.7. The highest BCUT2D eigenvalue weighted by atomic mass is 19.1. The molecule has 192 valence electrons. The molecule has 2 heterocycles. The van der Waals surface area contributed by atoms with Gasteiger partial charge in [-0.3, -0.25) is 4.79 Å². The molecule has 0 spiro atoms. The summed E-state index contributed by atoms with van der Waals surface area (Å²) >= 11 is 0. The van der Waals surface area contributed by atoms with E-state index in [-0.39, 0.29) is 34.1 Å². The SMILES string of the molecule is Cc1c(F)c(CNC2(C)CCC2)cc2c(=O)c(-c3cccc(C(F)(c4nncn4C)C4CC4)c3)coc12. The van der Waals surface area contributed by atoms with E-state index in [1.165, 1.54) is 12.6 Å². The van der Waals surface area contributed by atoms with Crippen LogP contribution in [0.3, 0.4) is 0 Å². The maximum Gasteiger partial charge on any atom is 0.200 e. The van der Waals surface area contributed by atoms with Crippen molar-refractivity contribution in [3.8, 4) is 11.1 Å². The van der Waals surface area contributed by atoms with E-state index in [4.69, 9.17) is 4.42 Å². The summed E-state index contributed by atoms with van der Waals surface area (Å²) in [6, 6.07) is 8.52. The smallest absolute Gasteiger partial charge is 0.200 e. The lowest BCUT2D eigenvalue weighted by Gasteiger charge is -2.39. The van der Waals surface area contributed by atoms with Crippen molar-refractivity contribution in [2.75, 3.05) is 0 Å². The molecule has 0 saturated heterocycles. The Kier molecular flexibility index (Phi) is 5.56. The molecule has 2 saturated carbocycles. The predicted octanol–water partition coefficient (Wildman–Crippen LogP) is 5.69. The molecule has 2 aliphatic rings. The second-order valence-corrected chi connectivity index (χ2v) is 10.9. The minimum atomic E-state index is -1.81. The summed E-state index contributed by atoms with van der Waals surface area (Å²) in [6.45, 7) is 4.10. The fraction of sp³-hybridized carbons (Fsp3) is 0.414. The first-order valence-corrected chi connectivity index (χ1v) is 12.8. The quantitative estimate of drug-likeness (QED) is 0.350. The number of nitrogens with zero attached hydrogens (tertiary/aromatic N) is 3. The Labute approximate surface area is 213 Å². The number of halogens is 2. The fourth-order valence-corrected chi connectivity index (χ4v) is 5.56. The van der Waals surface area contributed by atoms with Gasteiger partial charge in [-0.1, -0.05) is 18.2 Å². The van der Waals surface area contributed by atoms with E-state index in [0.717, 1.165) is 32.1 Å². The van der Waals surface area contributed by atoms with Crippen LogP contribution in [0.15, 0.2) is 52.1 Å². The molecule has 1 N–H and O–H groups in total. The topological polar surface area (TPSA) is 73.0 Å². The average Bonchev–Trinajstić information content (AvgIpc) is 3.65. The van der Waals surface area contributed by atoms with Crippen LogP contribution in [0.1, 0.15) is 61.5 Å². The maximum atomic E-state index is 16.7. The molecule has 0 aliphatic heterocycles. The molecule has 0 amide bonds. The Bertz CT molecular complexity index is 1570. The van der Waals surface area contributed by atoms with E-state index in [1.807, 2.05) is 0 Å². The van der Waals surface area contributed by atoms with E-state index in [9.17, 15) is 4.79 Å². The molecule has 2 aromatic carbocycles. The van der Waals surface area contributed by atoms with Crippen molar-refractivity contribution < 1.29 is 13.2 Å². The van der Waals surface area contributed by atoms with Crippen molar-refractivity contribution in [2.45, 2.75) is 63.7 Å². The summed E-state index contributed by atoms with van der Waals surface area (Å²) in [5.41, 5.74) is 0.185. The van der Waals surface area contributed by atoms with Crippen LogP contribution in [-0.4, -0.2) is 20.3 Å². The first-order valence-electron chi connectivity index (χ1n) is 12.8. The normalized spacial score (nSPS) is 18.5. The summed E-state index contributed by atoms with van der Waals surface area (Å²) in [5, 5.41) is 11.7. The number of nitrogens with one attached hydrogen (secondary N) is 1. The molecule has 37 heavy (non-hydrogen) atoms. The number of alkyl halides is 1. The van der Waals surface area contributed by atoms with Crippen molar-refractivity contribution in [3.63, 3.8) is 0 Å². The minimum absolute atomic E-state index is 0.00536.